The molecule has 1 aliphatic heterocycles. The summed E-state index contributed by atoms with van der Waals surface area (Å²) in [6.45, 7) is 9.37. The lowest BCUT2D eigenvalue weighted by molar-refractivity contribution is -0.907. The van der Waals surface area contributed by atoms with Crippen molar-refractivity contribution >= 4 is 34.2 Å². The van der Waals surface area contributed by atoms with E-state index in [1.165, 1.54) is 4.90 Å². The highest BCUT2D eigenvalue weighted by molar-refractivity contribution is 7.18. The number of nitrogens with one attached hydrogen (secondary N) is 2. The Morgan fingerprint density at radius 1 is 1.11 bits per heavy atom. The van der Waals surface area contributed by atoms with Crippen molar-refractivity contribution in [3.8, 4) is 0 Å². The third kappa shape index (κ3) is 5.75. The summed E-state index contributed by atoms with van der Waals surface area (Å²) in [5.41, 5.74) is 0.683. The first-order valence-electron chi connectivity index (χ1n) is 9.16. The summed E-state index contributed by atoms with van der Waals surface area (Å²) in [5, 5.41) is 3.10. The first kappa shape index (κ1) is 21.3. The number of carbonyl (C=O) groups is 3. The summed E-state index contributed by atoms with van der Waals surface area (Å²) in [6.07, 6.45) is 0.323. The number of amides is 1. The molecule has 1 amide bonds. The number of ether oxygens (including phenoxy) is 3. The Kier molecular flexibility index (Phi) is 8.21. The van der Waals surface area contributed by atoms with Gasteiger partial charge in [0.1, 0.15) is 23.0 Å². The summed E-state index contributed by atoms with van der Waals surface area (Å²) in [5.74, 6) is -1.27. The average Bonchev–Trinajstić information content (AvgIpc) is 2.97. The third-order valence-corrected chi connectivity index (χ3v) is 5.43. The molecule has 0 spiro atoms. The molecule has 2 rings (SSSR count). The van der Waals surface area contributed by atoms with E-state index in [0.29, 0.717) is 41.6 Å². The zero-order chi connectivity index (χ0) is 19.8. The molecule has 0 bridgehead atoms. The lowest BCUT2D eigenvalue weighted by atomic mass is 10.1. The van der Waals surface area contributed by atoms with Crippen LogP contribution in [0.4, 0.5) is 5.00 Å². The van der Waals surface area contributed by atoms with E-state index in [9.17, 15) is 14.4 Å². The average molecular weight is 399 g/mol. The minimum Gasteiger partial charge on any atom is -0.462 e. The van der Waals surface area contributed by atoms with Crippen molar-refractivity contribution in [2.24, 2.45) is 0 Å². The van der Waals surface area contributed by atoms with Crippen LogP contribution in [-0.4, -0.2) is 63.9 Å². The number of hydrogen-bond acceptors (Lipinski definition) is 7. The summed E-state index contributed by atoms with van der Waals surface area (Å²) in [4.78, 5) is 38.5. The molecule has 150 valence electrons. The molecule has 8 nitrogen and oxygen atoms in total. The molecule has 27 heavy (non-hydrogen) atoms. The lowest BCUT2D eigenvalue weighted by Crippen LogP contribution is -3.14. The standard InChI is InChI=1S/C18H26N2O6S/c1-4-25-17(22)14-12(3)15(18(23)26-5-2)27-16(14)19-13(21)6-7-20-8-10-24-11-9-20/h4-11H2,1-3H3,(H,19,21)/p+1. The predicted octanol–water partition coefficient (Wildman–Crippen LogP) is 0.654. The monoisotopic (exact) mass is 399 g/mol. The van der Waals surface area contributed by atoms with E-state index in [-0.39, 0.29) is 24.7 Å². The molecule has 0 aromatic carbocycles. The van der Waals surface area contributed by atoms with Gasteiger partial charge in [0.25, 0.3) is 0 Å². The molecule has 0 saturated carbocycles. The van der Waals surface area contributed by atoms with E-state index in [1.54, 1.807) is 20.8 Å². The van der Waals surface area contributed by atoms with Crippen LogP contribution in [0.5, 0.6) is 0 Å². The summed E-state index contributed by atoms with van der Waals surface area (Å²) in [7, 11) is 0. The van der Waals surface area contributed by atoms with E-state index in [1.807, 2.05) is 0 Å². The summed E-state index contributed by atoms with van der Waals surface area (Å²) >= 11 is 1.04. The van der Waals surface area contributed by atoms with Gasteiger partial charge in [0.15, 0.2) is 0 Å². The van der Waals surface area contributed by atoms with Crippen molar-refractivity contribution in [3.63, 3.8) is 0 Å². The maximum Gasteiger partial charge on any atom is 0.348 e. The third-order valence-electron chi connectivity index (χ3n) is 4.25. The number of rotatable bonds is 8. The quantitative estimate of drug-likeness (QED) is 0.624. The molecule has 0 aliphatic carbocycles. The number of carbonyl (C=O) groups excluding carboxylic acids is 3. The van der Waals surface area contributed by atoms with E-state index >= 15 is 0 Å². The van der Waals surface area contributed by atoms with Crippen LogP contribution in [0.3, 0.4) is 0 Å². The summed E-state index contributed by atoms with van der Waals surface area (Å²) in [6, 6.07) is 0. The van der Waals surface area contributed by atoms with Crippen LogP contribution in [0.25, 0.3) is 0 Å². The van der Waals surface area contributed by atoms with Crippen LogP contribution in [0.2, 0.25) is 0 Å². The fraction of sp³-hybridized carbons (Fsp3) is 0.611. The van der Waals surface area contributed by atoms with Crippen LogP contribution in [-0.2, 0) is 19.0 Å². The SMILES string of the molecule is CCOC(=O)c1sc(NC(=O)CC[NH+]2CCOCC2)c(C(=O)OCC)c1C. The molecular formula is C18H27N2O6S+. The molecule has 2 N–H and O–H groups in total. The second-order valence-corrected chi connectivity index (χ2v) is 7.13. The largest absolute Gasteiger partial charge is 0.462 e. The molecule has 1 fully saturated rings. The van der Waals surface area contributed by atoms with Crippen molar-refractivity contribution in [1.82, 2.24) is 0 Å². The molecule has 1 aromatic heterocycles. The lowest BCUT2D eigenvalue weighted by Gasteiger charge is -2.23. The van der Waals surface area contributed by atoms with Crippen LogP contribution < -0.4 is 10.2 Å². The van der Waals surface area contributed by atoms with Crippen LogP contribution in [0, 0.1) is 6.92 Å². The van der Waals surface area contributed by atoms with Gasteiger partial charge in [-0.15, -0.1) is 11.3 Å². The molecule has 1 aliphatic rings. The van der Waals surface area contributed by atoms with E-state index in [0.717, 1.165) is 24.4 Å². The van der Waals surface area contributed by atoms with Gasteiger partial charge in [-0.3, -0.25) is 4.79 Å². The Balaban J connectivity index is 2.12. The smallest absolute Gasteiger partial charge is 0.348 e. The van der Waals surface area contributed by atoms with Crippen molar-refractivity contribution in [3.05, 3.63) is 16.0 Å². The van der Waals surface area contributed by atoms with Gasteiger partial charge >= 0.3 is 11.9 Å². The van der Waals surface area contributed by atoms with Gasteiger partial charge in [0.2, 0.25) is 5.91 Å². The van der Waals surface area contributed by atoms with Crippen LogP contribution in [0.15, 0.2) is 0 Å². The summed E-state index contributed by atoms with van der Waals surface area (Å²) < 4.78 is 15.4. The first-order chi connectivity index (χ1) is 13.0. The fourth-order valence-electron chi connectivity index (χ4n) is 2.83. The number of quaternary nitrogens is 1. The zero-order valence-corrected chi connectivity index (χ0v) is 16.8. The van der Waals surface area contributed by atoms with Gasteiger partial charge in [0, 0.05) is 0 Å². The number of hydrogen-bond donors (Lipinski definition) is 2. The minimum absolute atomic E-state index is 0.198. The van der Waals surface area contributed by atoms with Crippen LogP contribution in [0.1, 0.15) is 45.9 Å². The fourth-order valence-corrected chi connectivity index (χ4v) is 3.94. The molecule has 0 unspecified atom stereocenters. The molecular weight excluding hydrogens is 372 g/mol. The van der Waals surface area contributed by atoms with Gasteiger partial charge in [-0.25, -0.2) is 9.59 Å². The van der Waals surface area contributed by atoms with Crippen LogP contribution >= 0.6 is 11.3 Å². The van der Waals surface area contributed by atoms with E-state index in [2.05, 4.69) is 5.32 Å². The highest BCUT2D eigenvalue weighted by Gasteiger charge is 2.27. The molecule has 1 aromatic rings. The van der Waals surface area contributed by atoms with Gasteiger partial charge < -0.3 is 24.4 Å². The Labute approximate surface area is 162 Å². The molecule has 1 saturated heterocycles. The molecule has 0 atom stereocenters. The number of esters is 2. The minimum atomic E-state index is -0.559. The Morgan fingerprint density at radius 2 is 1.74 bits per heavy atom. The molecule has 0 radical (unpaired) electrons. The maximum absolute atomic E-state index is 12.4. The highest BCUT2D eigenvalue weighted by Crippen LogP contribution is 2.34. The van der Waals surface area contributed by atoms with Gasteiger partial charge in [-0.1, -0.05) is 0 Å². The van der Waals surface area contributed by atoms with E-state index < -0.39 is 11.9 Å². The second kappa shape index (κ2) is 10.4. The van der Waals surface area contributed by atoms with E-state index in [4.69, 9.17) is 14.2 Å². The van der Waals surface area contributed by atoms with Crippen molar-refractivity contribution in [2.45, 2.75) is 27.2 Å². The Bertz CT molecular complexity index is 682. The topological polar surface area (TPSA) is 95.4 Å². The van der Waals surface area contributed by atoms with Gasteiger partial charge in [0.05, 0.1) is 45.0 Å². The zero-order valence-electron chi connectivity index (χ0n) is 16.0. The molecule has 2 heterocycles. The Morgan fingerprint density at radius 3 is 2.37 bits per heavy atom. The number of thiophene rings is 1. The van der Waals surface area contributed by atoms with Gasteiger partial charge in [-0.05, 0) is 26.3 Å². The van der Waals surface area contributed by atoms with Crippen molar-refractivity contribution in [1.29, 1.82) is 0 Å². The van der Waals surface area contributed by atoms with Gasteiger partial charge in [-0.2, -0.15) is 0 Å². The number of morpholine rings is 1. The van der Waals surface area contributed by atoms with Crippen molar-refractivity contribution in [2.75, 3.05) is 51.4 Å². The van der Waals surface area contributed by atoms with Crippen molar-refractivity contribution < 1.29 is 33.5 Å². The number of anilines is 1. The highest BCUT2D eigenvalue weighted by atomic mass is 32.1. The predicted molar refractivity (Wildman–Crippen MR) is 101 cm³/mol. The molecule has 9 heteroatoms. The maximum atomic E-state index is 12.4. The first-order valence-corrected chi connectivity index (χ1v) is 9.98. The Hall–Kier alpha value is -1.97. The normalized spacial score (nSPS) is 14.6. The second-order valence-electron chi connectivity index (χ2n) is 6.11.